The minimum Gasteiger partial charge on any atom is -0.448 e. The highest BCUT2D eigenvalue weighted by Gasteiger charge is 2.07. The summed E-state index contributed by atoms with van der Waals surface area (Å²) in [5.41, 5.74) is 1.86. The first-order valence-electron chi connectivity index (χ1n) is 6.18. The van der Waals surface area contributed by atoms with Crippen molar-refractivity contribution in [3.63, 3.8) is 0 Å². The van der Waals surface area contributed by atoms with Crippen LogP contribution < -0.4 is 5.32 Å². The Hall–Kier alpha value is -1.74. The molecule has 4 heteroatoms. The van der Waals surface area contributed by atoms with Crippen molar-refractivity contribution >= 4 is 17.5 Å². The second-order valence-electron chi connectivity index (χ2n) is 4.67. The zero-order valence-electron chi connectivity index (χ0n) is 10.9. The van der Waals surface area contributed by atoms with E-state index >= 15 is 0 Å². The number of nitrogens with one attached hydrogen (secondary N) is 1. The molecule has 0 radical (unpaired) electrons. The maximum absolute atomic E-state index is 11.9. The molecule has 0 atom stereocenters. The molecule has 0 saturated carbocycles. The van der Waals surface area contributed by atoms with Gasteiger partial charge >= 0.3 is 0 Å². The maximum atomic E-state index is 11.9. The van der Waals surface area contributed by atoms with Crippen molar-refractivity contribution in [2.75, 3.05) is 0 Å². The molecule has 1 heterocycles. The van der Waals surface area contributed by atoms with Crippen LogP contribution >= 0.6 is 11.6 Å². The third-order valence-electron chi connectivity index (χ3n) is 2.89. The number of hydrogen-bond donors (Lipinski definition) is 1. The summed E-state index contributed by atoms with van der Waals surface area (Å²) in [6.07, 6.45) is 0. The first-order valence-corrected chi connectivity index (χ1v) is 6.56. The lowest BCUT2D eigenvalue weighted by Crippen LogP contribution is -2.22. The van der Waals surface area contributed by atoms with Crippen molar-refractivity contribution in [1.29, 1.82) is 0 Å². The highest BCUT2D eigenvalue weighted by Crippen LogP contribution is 2.15. The summed E-state index contributed by atoms with van der Waals surface area (Å²) < 4.78 is 5.17. The van der Waals surface area contributed by atoms with Crippen molar-refractivity contribution in [2.24, 2.45) is 0 Å². The number of carbonyl (C=O) groups is 1. The van der Waals surface area contributed by atoms with E-state index in [0.29, 0.717) is 29.0 Å². The van der Waals surface area contributed by atoms with Gasteiger partial charge < -0.3 is 9.73 Å². The number of furan rings is 1. The largest absolute Gasteiger partial charge is 0.448 e. The van der Waals surface area contributed by atoms with Gasteiger partial charge in [0.25, 0.3) is 5.91 Å². The van der Waals surface area contributed by atoms with Gasteiger partial charge in [0.15, 0.2) is 5.22 Å². The van der Waals surface area contributed by atoms with E-state index in [9.17, 15) is 4.79 Å². The Bertz CT molecular complexity index is 558. The Labute approximate surface area is 117 Å². The van der Waals surface area contributed by atoms with Crippen LogP contribution in [0.5, 0.6) is 0 Å². The molecular weight excluding hydrogens is 262 g/mol. The molecule has 1 N–H and O–H groups in total. The lowest BCUT2D eigenvalue weighted by molar-refractivity contribution is 0.0948. The van der Waals surface area contributed by atoms with Crippen LogP contribution in [-0.2, 0) is 6.54 Å². The number of amides is 1. The Kier molecular flexibility index (Phi) is 4.27. The van der Waals surface area contributed by atoms with Gasteiger partial charge in [-0.1, -0.05) is 26.0 Å². The molecule has 0 aliphatic rings. The topological polar surface area (TPSA) is 42.2 Å². The number of benzene rings is 1. The molecule has 0 aliphatic carbocycles. The fourth-order valence-electron chi connectivity index (χ4n) is 1.74. The predicted molar refractivity (Wildman–Crippen MR) is 75.4 cm³/mol. The number of carbonyl (C=O) groups excluding carboxylic acids is 1. The molecule has 0 spiro atoms. The van der Waals surface area contributed by atoms with Crippen LogP contribution in [0.2, 0.25) is 5.22 Å². The summed E-state index contributed by atoms with van der Waals surface area (Å²) in [6.45, 7) is 4.57. The van der Waals surface area contributed by atoms with E-state index in [2.05, 4.69) is 19.2 Å². The minimum atomic E-state index is -0.122. The standard InChI is InChI=1S/C15H16ClNO2/c1-10(2)11-3-5-12(6-4-11)15(18)17-9-13-7-8-14(16)19-13/h3-8,10H,9H2,1-2H3,(H,17,18). The zero-order chi connectivity index (χ0) is 13.8. The Morgan fingerprint density at radius 1 is 1.21 bits per heavy atom. The quantitative estimate of drug-likeness (QED) is 0.918. The van der Waals surface area contributed by atoms with Gasteiger partial charge in [0.2, 0.25) is 0 Å². The van der Waals surface area contributed by atoms with Gasteiger partial charge in [-0.15, -0.1) is 0 Å². The van der Waals surface area contributed by atoms with Crippen molar-refractivity contribution in [3.8, 4) is 0 Å². The van der Waals surface area contributed by atoms with Crippen molar-refractivity contribution < 1.29 is 9.21 Å². The highest BCUT2D eigenvalue weighted by atomic mass is 35.5. The van der Waals surface area contributed by atoms with Crippen LogP contribution in [0.15, 0.2) is 40.8 Å². The third kappa shape index (κ3) is 3.61. The van der Waals surface area contributed by atoms with Gasteiger partial charge in [0, 0.05) is 5.56 Å². The minimum absolute atomic E-state index is 0.122. The summed E-state index contributed by atoms with van der Waals surface area (Å²) >= 11 is 5.66. The highest BCUT2D eigenvalue weighted by molar-refractivity contribution is 6.28. The molecular formula is C15H16ClNO2. The molecule has 1 aromatic carbocycles. The molecule has 2 rings (SSSR count). The summed E-state index contributed by atoms with van der Waals surface area (Å²) in [4.78, 5) is 11.9. The molecule has 3 nitrogen and oxygen atoms in total. The Morgan fingerprint density at radius 3 is 2.42 bits per heavy atom. The molecule has 19 heavy (non-hydrogen) atoms. The normalized spacial score (nSPS) is 10.7. The van der Waals surface area contributed by atoms with E-state index in [1.807, 2.05) is 24.3 Å². The molecule has 0 bridgehead atoms. The van der Waals surface area contributed by atoms with Gasteiger partial charge in [-0.3, -0.25) is 4.79 Å². The van der Waals surface area contributed by atoms with Crippen molar-refractivity contribution in [3.05, 3.63) is 58.5 Å². The second-order valence-corrected chi connectivity index (χ2v) is 5.04. The van der Waals surface area contributed by atoms with E-state index in [4.69, 9.17) is 16.0 Å². The van der Waals surface area contributed by atoms with Crippen LogP contribution in [0.1, 0.15) is 41.4 Å². The van der Waals surface area contributed by atoms with E-state index in [1.54, 1.807) is 12.1 Å². The molecule has 1 amide bonds. The molecule has 100 valence electrons. The molecule has 2 aromatic rings. The average Bonchev–Trinajstić information content (AvgIpc) is 2.82. The van der Waals surface area contributed by atoms with Gasteiger partial charge in [0.05, 0.1) is 6.54 Å². The van der Waals surface area contributed by atoms with E-state index in [0.717, 1.165) is 0 Å². The second kappa shape index (κ2) is 5.93. The lowest BCUT2D eigenvalue weighted by atomic mass is 10.0. The first-order chi connectivity index (χ1) is 9.06. The smallest absolute Gasteiger partial charge is 0.251 e. The summed E-state index contributed by atoms with van der Waals surface area (Å²) in [5, 5.41) is 3.11. The van der Waals surface area contributed by atoms with E-state index in [-0.39, 0.29) is 5.91 Å². The van der Waals surface area contributed by atoms with Crippen LogP contribution in [0.25, 0.3) is 0 Å². The maximum Gasteiger partial charge on any atom is 0.251 e. The van der Waals surface area contributed by atoms with Crippen LogP contribution in [-0.4, -0.2) is 5.91 Å². The molecule has 0 unspecified atom stereocenters. The van der Waals surface area contributed by atoms with Gasteiger partial charge in [-0.05, 0) is 47.3 Å². The first kappa shape index (κ1) is 13.7. The summed E-state index contributed by atoms with van der Waals surface area (Å²) in [7, 11) is 0. The Morgan fingerprint density at radius 2 is 1.89 bits per heavy atom. The van der Waals surface area contributed by atoms with E-state index < -0.39 is 0 Å². The fourth-order valence-corrected chi connectivity index (χ4v) is 1.90. The van der Waals surface area contributed by atoms with Gasteiger partial charge in [-0.25, -0.2) is 0 Å². The number of hydrogen-bond acceptors (Lipinski definition) is 2. The Balaban J connectivity index is 1.96. The van der Waals surface area contributed by atoms with Crippen molar-refractivity contribution in [2.45, 2.75) is 26.3 Å². The lowest BCUT2D eigenvalue weighted by Gasteiger charge is -2.07. The summed E-state index contributed by atoms with van der Waals surface area (Å²) in [5.74, 6) is 0.974. The average molecular weight is 278 g/mol. The molecule has 0 aliphatic heterocycles. The van der Waals surface area contributed by atoms with E-state index in [1.165, 1.54) is 5.56 Å². The third-order valence-corrected chi connectivity index (χ3v) is 3.09. The molecule has 1 aromatic heterocycles. The monoisotopic (exact) mass is 277 g/mol. The van der Waals surface area contributed by atoms with Crippen LogP contribution in [0, 0.1) is 0 Å². The number of rotatable bonds is 4. The molecule has 0 fully saturated rings. The molecule has 0 saturated heterocycles. The predicted octanol–water partition coefficient (Wildman–Crippen LogP) is 3.99. The fraction of sp³-hybridized carbons (Fsp3) is 0.267. The van der Waals surface area contributed by atoms with Gasteiger partial charge in [0.1, 0.15) is 5.76 Å². The SMILES string of the molecule is CC(C)c1ccc(C(=O)NCc2ccc(Cl)o2)cc1. The summed E-state index contributed by atoms with van der Waals surface area (Å²) in [6, 6.07) is 11.0. The zero-order valence-corrected chi connectivity index (χ0v) is 11.7. The van der Waals surface area contributed by atoms with Crippen LogP contribution in [0.3, 0.4) is 0 Å². The van der Waals surface area contributed by atoms with Crippen LogP contribution in [0.4, 0.5) is 0 Å². The van der Waals surface area contributed by atoms with Crippen molar-refractivity contribution in [1.82, 2.24) is 5.32 Å². The van der Waals surface area contributed by atoms with Gasteiger partial charge in [-0.2, -0.15) is 0 Å². The number of halogens is 1.